The maximum Gasteiger partial charge on any atom is 0.240 e. The molecular formula is C15H22N2O3. The molecule has 1 N–H and O–H groups in total. The zero-order valence-electron chi connectivity index (χ0n) is 12.5. The highest BCUT2D eigenvalue weighted by molar-refractivity contribution is 5.97. The van der Waals surface area contributed by atoms with E-state index in [0.29, 0.717) is 13.2 Å². The first-order valence-electron chi connectivity index (χ1n) is 6.56. The highest BCUT2D eigenvalue weighted by Crippen LogP contribution is 2.18. The summed E-state index contributed by atoms with van der Waals surface area (Å²) in [5, 5.41) is 2.71. The predicted molar refractivity (Wildman–Crippen MR) is 78.8 cm³/mol. The Bertz CT molecular complexity index is 466. The van der Waals surface area contributed by atoms with Gasteiger partial charge < -0.3 is 15.0 Å². The number of nitrogens with one attached hydrogen (secondary N) is 1. The minimum Gasteiger partial charge on any atom is -0.383 e. The molecule has 110 valence electrons. The first-order valence-corrected chi connectivity index (χ1v) is 6.56. The lowest BCUT2D eigenvalue weighted by Gasteiger charge is -2.21. The van der Waals surface area contributed by atoms with Gasteiger partial charge in [0.15, 0.2) is 0 Å². The fraction of sp³-hybridized carbons (Fsp3) is 0.467. The number of carbonyl (C=O) groups excluding carboxylic acids is 2. The number of methoxy groups -OCH3 is 1. The van der Waals surface area contributed by atoms with Crippen LogP contribution >= 0.6 is 0 Å². The number of aryl methyl sites for hydroxylation is 2. The Morgan fingerprint density at radius 2 is 1.80 bits per heavy atom. The summed E-state index contributed by atoms with van der Waals surface area (Å²) < 4.78 is 4.87. The van der Waals surface area contributed by atoms with Crippen molar-refractivity contribution in [2.75, 3.05) is 31.7 Å². The van der Waals surface area contributed by atoms with E-state index in [0.717, 1.165) is 16.8 Å². The van der Waals surface area contributed by atoms with Crippen LogP contribution in [0.5, 0.6) is 0 Å². The van der Waals surface area contributed by atoms with Gasteiger partial charge in [-0.2, -0.15) is 0 Å². The summed E-state index contributed by atoms with van der Waals surface area (Å²) in [7, 11) is 1.57. The number of carbonyl (C=O) groups is 2. The normalized spacial score (nSPS) is 10.2. The second-order valence-corrected chi connectivity index (χ2v) is 4.79. The van der Waals surface area contributed by atoms with Gasteiger partial charge in [0.25, 0.3) is 0 Å². The number of ether oxygens (including phenoxy) is 1. The second-order valence-electron chi connectivity index (χ2n) is 4.79. The SMILES string of the molecule is COCCNC(=O)CN(C(C)=O)c1cc(C)cc(C)c1. The largest absolute Gasteiger partial charge is 0.383 e. The number of benzene rings is 1. The van der Waals surface area contributed by atoms with E-state index in [1.165, 1.54) is 11.8 Å². The van der Waals surface area contributed by atoms with Crippen LogP contribution in [0.3, 0.4) is 0 Å². The van der Waals surface area contributed by atoms with Crippen LogP contribution in [0.2, 0.25) is 0 Å². The summed E-state index contributed by atoms with van der Waals surface area (Å²) in [4.78, 5) is 25.0. The number of anilines is 1. The van der Waals surface area contributed by atoms with Crippen LogP contribution in [-0.2, 0) is 14.3 Å². The lowest BCUT2D eigenvalue weighted by molar-refractivity contribution is -0.123. The van der Waals surface area contributed by atoms with Crippen LogP contribution in [-0.4, -0.2) is 38.6 Å². The standard InChI is InChI=1S/C15H22N2O3/c1-11-7-12(2)9-14(8-11)17(13(3)18)10-15(19)16-5-6-20-4/h7-9H,5-6,10H2,1-4H3,(H,16,19). The molecule has 1 aromatic rings. The maximum absolute atomic E-state index is 11.8. The van der Waals surface area contributed by atoms with E-state index >= 15 is 0 Å². The van der Waals surface area contributed by atoms with Gasteiger partial charge in [-0.25, -0.2) is 0 Å². The van der Waals surface area contributed by atoms with Crippen molar-refractivity contribution in [3.63, 3.8) is 0 Å². The average Bonchev–Trinajstić information content (AvgIpc) is 2.34. The molecule has 5 heteroatoms. The minimum absolute atomic E-state index is 0.0158. The molecule has 0 aliphatic rings. The van der Waals surface area contributed by atoms with Gasteiger partial charge in [-0.1, -0.05) is 6.07 Å². The highest BCUT2D eigenvalue weighted by atomic mass is 16.5. The van der Waals surface area contributed by atoms with Crippen molar-refractivity contribution < 1.29 is 14.3 Å². The van der Waals surface area contributed by atoms with Gasteiger partial charge in [0, 0.05) is 26.3 Å². The molecule has 0 spiro atoms. The Balaban J connectivity index is 2.79. The van der Waals surface area contributed by atoms with Crippen molar-refractivity contribution in [3.8, 4) is 0 Å². The molecule has 0 bridgehead atoms. The summed E-state index contributed by atoms with van der Waals surface area (Å²) in [5.41, 5.74) is 2.87. The Morgan fingerprint density at radius 1 is 1.20 bits per heavy atom. The number of hydrogen-bond donors (Lipinski definition) is 1. The number of rotatable bonds is 6. The van der Waals surface area contributed by atoms with Gasteiger partial charge in [-0.3, -0.25) is 9.59 Å². The molecule has 0 unspecified atom stereocenters. The molecule has 0 atom stereocenters. The predicted octanol–water partition coefficient (Wildman–Crippen LogP) is 1.42. The lowest BCUT2D eigenvalue weighted by Crippen LogP contribution is -2.40. The van der Waals surface area contributed by atoms with Crippen molar-refractivity contribution >= 4 is 17.5 Å². The van der Waals surface area contributed by atoms with Gasteiger partial charge in [0.2, 0.25) is 11.8 Å². The molecule has 0 saturated heterocycles. The zero-order chi connectivity index (χ0) is 15.1. The van der Waals surface area contributed by atoms with E-state index in [2.05, 4.69) is 5.32 Å². The summed E-state index contributed by atoms with van der Waals surface area (Å²) in [6.07, 6.45) is 0. The molecular weight excluding hydrogens is 256 g/mol. The second kappa shape index (κ2) is 7.65. The lowest BCUT2D eigenvalue weighted by atomic mass is 10.1. The Labute approximate surface area is 119 Å². The van der Waals surface area contributed by atoms with Crippen molar-refractivity contribution in [3.05, 3.63) is 29.3 Å². The summed E-state index contributed by atoms with van der Waals surface area (Å²) in [6, 6.07) is 5.83. The molecule has 20 heavy (non-hydrogen) atoms. The van der Waals surface area contributed by atoms with Gasteiger partial charge in [0.05, 0.1) is 6.61 Å². The van der Waals surface area contributed by atoms with Crippen LogP contribution in [0.25, 0.3) is 0 Å². The molecule has 1 rings (SSSR count). The first kappa shape index (κ1) is 16.2. The van der Waals surface area contributed by atoms with E-state index in [-0.39, 0.29) is 18.4 Å². The summed E-state index contributed by atoms with van der Waals surface area (Å²) in [6.45, 7) is 6.30. The molecule has 2 amide bonds. The van der Waals surface area contributed by atoms with Gasteiger partial charge >= 0.3 is 0 Å². The molecule has 0 aromatic heterocycles. The maximum atomic E-state index is 11.8. The third-order valence-corrected chi connectivity index (χ3v) is 2.83. The topological polar surface area (TPSA) is 58.6 Å². The third kappa shape index (κ3) is 5.01. The van der Waals surface area contributed by atoms with E-state index in [9.17, 15) is 9.59 Å². The molecule has 0 aliphatic carbocycles. The molecule has 0 fully saturated rings. The van der Waals surface area contributed by atoms with Crippen molar-refractivity contribution in [2.24, 2.45) is 0 Å². The quantitative estimate of drug-likeness (QED) is 0.801. The van der Waals surface area contributed by atoms with E-state index in [1.807, 2.05) is 32.0 Å². The van der Waals surface area contributed by atoms with Crippen LogP contribution in [0.15, 0.2) is 18.2 Å². The summed E-state index contributed by atoms with van der Waals surface area (Å²) in [5.74, 6) is -0.353. The average molecular weight is 278 g/mol. The third-order valence-electron chi connectivity index (χ3n) is 2.83. The van der Waals surface area contributed by atoms with E-state index in [4.69, 9.17) is 4.74 Å². The van der Waals surface area contributed by atoms with Gasteiger partial charge in [0.1, 0.15) is 6.54 Å². The molecule has 0 radical (unpaired) electrons. The van der Waals surface area contributed by atoms with Crippen LogP contribution in [0.4, 0.5) is 5.69 Å². The molecule has 0 saturated carbocycles. The van der Waals surface area contributed by atoms with Crippen molar-refractivity contribution in [2.45, 2.75) is 20.8 Å². The fourth-order valence-electron chi connectivity index (χ4n) is 1.98. The van der Waals surface area contributed by atoms with Crippen molar-refractivity contribution in [1.82, 2.24) is 5.32 Å². The fourth-order valence-corrected chi connectivity index (χ4v) is 1.98. The molecule has 1 aromatic carbocycles. The van der Waals surface area contributed by atoms with E-state index in [1.54, 1.807) is 7.11 Å². The van der Waals surface area contributed by atoms with Crippen LogP contribution in [0, 0.1) is 13.8 Å². The Hall–Kier alpha value is -1.88. The highest BCUT2D eigenvalue weighted by Gasteiger charge is 2.16. The number of amides is 2. The number of hydrogen-bond acceptors (Lipinski definition) is 3. The summed E-state index contributed by atoms with van der Waals surface area (Å²) >= 11 is 0. The minimum atomic E-state index is -0.198. The Morgan fingerprint density at radius 3 is 2.30 bits per heavy atom. The van der Waals surface area contributed by atoms with Crippen LogP contribution < -0.4 is 10.2 Å². The first-order chi connectivity index (χ1) is 9.43. The van der Waals surface area contributed by atoms with E-state index < -0.39 is 0 Å². The van der Waals surface area contributed by atoms with Gasteiger partial charge in [-0.05, 0) is 37.1 Å². The zero-order valence-corrected chi connectivity index (χ0v) is 12.5. The van der Waals surface area contributed by atoms with Crippen LogP contribution in [0.1, 0.15) is 18.1 Å². The monoisotopic (exact) mass is 278 g/mol. The number of nitrogens with zero attached hydrogens (tertiary/aromatic N) is 1. The molecule has 5 nitrogen and oxygen atoms in total. The smallest absolute Gasteiger partial charge is 0.240 e. The molecule has 0 aliphatic heterocycles. The van der Waals surface area contributed by atoms with Gasteiger partial charge in [-0.15, -0.1) is 0 Å². The molecule has 0 heterocycles. The Kier molecular flexibility index (Phi) is 6.18. The van der Waals surface area contributed by atoms with Crippen molar-refractivity contribution in [1.29, 1.82) is 0 Å².